The Kier molecular flexibility index (Phi) is 10.7. The molecule has 0 nitrogen and oxygen atoms in total. The number of rotatable bonds is 6. The quantitative estimate of drug-likeness (QED) is 0.160. The molecule has 3 aromatic carbocycles. The van der Waals surface area contributed by atoms with E-state index >= 15 is 0 Å². The second kappa shape index (κ2) is 14.0. The van der Waals surface area contributed by atoms with Crippen molar-refractivity contribution in [2.75, 3.05) is 12.3 Å². The van der Waals surface area contributed by atoms with E-state index in [-0.39, 0.29) is 27.4 Å². The fourth-order valence-electron chi connectivity index (χ4n) is 5.80. The van der Waals surface area contributed by atoms with Crippen LogP contribution in [-0.4, -0.2) is 18.0 Å². The maximum atomic E-state index is 3.24. The molecule has 187 valence electrons. The van der Waals surface area contributed by atoms with Gasteiger partial charge in [-0.3, -0.25) is 12.2 Å². The summed E-state index contributed by atoms with van der Waals surface area (Å²) in [5.41, 5.74) is 1.50. The molecular formula is C33H38P2Rh+2. The Morgan fingerprint density at radius 3 is 1.94 bits per heavy atom. The maximum Gasteiger partial charge on any atom is 2.00 e. The second-order valence-electron chi connectivity index (χ2n) is 10.2. The molecule has 2 aliphatic carbocycles. The fourth-order valence-corrected chi connectivity index (χ4v) is 12.2. The van der Waals surface area contributed by atoms with Gasteiger partial charge in [0.05, 0.1) is 41.8 Å². The summed E-state index contributed by atoms with van der Waals surface area (Å²) in [7, 11) is -1.05. The summed E-state index contributed by atoms with van der Waals surface area (Å²) in [4.78, 5) is 0. The Morgan fingerprint density at radius 1 is 0.833 bits per heavy atom. The standard InChI is InChI=1S/C24H26P2.C9H10.Rh/c1-4-11-21(12-5-1)25-19-10-17-24(25)18-20-26(22-13-6-2-7-14-22)23-15-8-3-9-16-23;1-2-5-9(6-3-1)7-4-8-9;/h1-9,11-16,24H,10,17-20H2;2,7H,3,5-6,8H2;/q;-2;+2/p+2. The van der Waals surface area contributed by atoms with Crippen LogP contribution in [0.25, 0.3) is 0 Å². The van der Waals surface area contributed by atoms with Gasteiger partial charge in [0, 0.05) is 14.3 Å². The first-order valence-corrected chi connectivity index (χ1v) is 16.8. The van der Waals surface area contributed by atoms with Crippen LogP contribution in [0.1, 0.15) is 44.9 Å². The third-order valence-electron chi connectivity index (χ3n) is 7.91. The van der Waals surface area contributed by atoms with Gasteiger partial charge in [-0.2, -0.15) is 12.8 Å². The Bertz CT molecular complexity index is 1060. The average molecular weight is 600 g/mol. The zero-order valence-corrected chi connectivity index (χ0v) is 24.7. The minimum Gasteiger partial charge on any atom is -0.501 e. The minimum atomic E-state index is -0.675. The molecule has 6 rings (SSSR count). The van der Waals surface area contributed by atoms with Crippen LogP contribution >= 0.6 is 15.8 Å². The molecule has 1 saturated heterocycles. The van der Waals surface area contributed by atoms with Crippen LogP contribution in [0.2, 0.25) is 0 Å². The van der Waals surface area contributed by atoms with E-state index in [1.165, 1.54) is 50.8 Å². The van der Waals surface area contributed by atoms with Gasteiger partial charge in [0.2, 0.25) is 0 Å². The SMILES string of the molecule is [C-]1=CCC2(C=[C-]C2)CC1.[Rh+2].c1ccc([PH+](CCC2CCC[PH+]2c2ccccc2)c2ccccc2)cc1. The molecule has 3 heteroatoms. The van der Waals surface area contributed by atoms with Crippen molar-refractivity contribution in [1.29, 1.82) is 0 Å². The molecule has 3 aliphatic rings. The molecule has 0 amide bonds. The van der Waals surface area contributed by atoms with Crippen LogP contribution in [-0.2, 0) is 19.5 Å². The average Bonchev–Trinajstić information content (AvgIpc) is 3.39. The largest absolute Gasteiger partial charge is 2.00 e. The Hall–Kier alpha value is -1.38. The molecule has 3 unspecified atom stereocenters. The van der Waals surface area contributed by atoms with E-state index in [2.05, 4.69) is 115 Å². The van der Waals surface area contributed by atoms with Crippen molar-refractivity contribution in [1.82, 2.24) is 0 Å². The number of hydrogen-bond donors (Lipinski definition) is 0. The first kappa shape index (κ1) is 27.7. The van der Waals surface area contributed by atoms with Gasteiger partial charge in [0.25, 0.3) is 0 Å². The molecule has 1 spiro atoms. The number of allylic oxidation sites excluding steroid dienone is 4. The van der Waals surface area contributed by atoms with E-state index in [1.54, 1.807) is 15.9 Å². The van der Waals surface area contributed by atoms with Gasteiger partial charge in [-0.25, -0.2) is 0 Å². The summed E-state index contributed by atoms with van der Waals surface area (Å²) in [6.07, 6.45) is 22.8. The van der Waals surface area contributed by atoms with E-state index in [9.17, 15) is 0 Å². The number of hydrogen-bond acceptors (Lipinski definition) is 0. The van der Waals surface area contributed by atoms with Crippen LogP contribution in [0.4, 0.5) is 0 Å². The van der Waals surface area contributed by atoms with Gasteiger partial charge in [0.1, 0.15) is 0 Å². The van der Waals surface area contributed by atoms with Crippen molar-refractivity contribution >= 4 is 31.8 Å². The summed E-state index contributed by atoms with van der Waals surface area (Å²) in [6.45, 7) is 0. The van der Waals surface area contributed by atoms with Crippen molar-refractivity contribution in [2.24, 2.45) is 5.41 Å². The predicted octanol–water partition coefficient (Wildman–Crippen LogP) is 7.22. The van der Waals surface area contributed by atoms with Gasteiger partial charge >= 0.3 is 19.5 Å². The molecule has 36 heavy (non-hydrogen) atoms. The van der Waals surface area contributed by atoms with E-state index < -0.39 is 7.92 Å². The summed E-state index contributed by atoms with van der Waals surface area (Å²) in [5.74, 6) is 0. The van der Waals surface area contributed by atoms with Gasteiger partial charge in [-0.1, -0.05) is 72.9 Å². The van der Waals surface area contributed by atoms with Crippen molar-refractivity contribution in [3.05, 3.63) is 115 Å². The fraction of sp³-hybridized carbons (Fsp3) is 0.333. The normalized spacial score (nSPS) is 24.0. The van der Waals surface area contributed by atoms with Gasteiger partial charge in [0.15, 0.2) is 0 Å². The third-order valence-corrected chi connectivity index (χ3v) is 14.3. The van der Waals surface area contributed by atoms with Gasteiger partial charge < -0.3 is 12.2 Å². The first-order chi connectivity index (χ1) is 17.3. The molecule has 0 aromatic heterocycles. The second-order valence-corrected chi connectivity index (χ2v) is 15.8. The van der Waals surface area contributed by atoms with Crippen molar-refractivity contribution in [3.63, 3.8) is 0 Å². The van der Waals surface area contributed by atoms with Crippen LogP contribution in [0.3, 0.4) is 0 Å². The van der Waals surface area contributed by atoms with E-state index in [1.807, 2.05) is 0 Å². The molecule has 0 bridgehead atoms. The van der Waals surface area contributed by atoms with E-state index in [4.69, 9.17) is 0 Å². The Morgan fingerprint density at radius 2 is 1.44 bits per heavy atom. The molecule has 3 aromatic rings. The first-order valence-electron chi connectivity index (χ1n) is 13.3. The van der Waals surface area contributed by atoms with Crippen LogP contribution in [0.15, 0.2) is 103 Å². The predicted molar refractivity (Wildman–Crippen MR) is 159 cm³/mol. The molecule has 3 atom stereocenters. The smallest absolute Gasteiger partial charge is 0.501 e. The van der Waals surface area contributed by atoms with Crippen LogP contribution in [0.5, 0.6) is 0 Å². The summed E-state index contributed by atoms with van der Waals surface area (Å²) in [6, 6.07) is 33.9. The third kappa shape index (κ3) is 7.13. The zero-order chi connectivity index (χ0) is 23.8. The molecule has 1 radical (unpaired) electrons. The molecule has 1 heterocycles. The van der Waals surface area contributed by atoms with Crippen molar-refractivity contribution in [2.45, 2.75) is 50.6 Å². The zero-order valence-electron chi connectivity index (χ0n) is 21.1. The molecular weight excluding hydrogens is 561 g/mol. The van der Waals surface area contributed by atoms with Crippen LogP contribution in [0, 0.1) is 17.6 Å². The minimum absolute atomic E-state index is 0. The molecule has 0 N–H and O–H groups in total. The summed E-state index contributed by atoms with van der Waals surface area (Å²) >= 11 is 0. The molecule has 1 aliphatic heterocycles. The summed E-state index contributed by atoms with van der Waals surface area (Å²) < 4.78 is 0. The summed E-state index contributed by atoms with van der Waals surface area (Å²) in [5, 5.41) is 4.79. The Labute approximate surface area is 234 Å². The van der Waals surface area contributed by atoms with Crippen LogP contribution < -0.4 is 15.9 Å². The van der Waals surface area contributed by atoms with Gasteiger partial charge in [-0.05, 0) is 49.2 Å². The topological polar surface area (TPSA) is 0 Å². The molecule has 1 fully saturated rings. The van der Waals surface area contributed by atoms with Crippen molar-refractivity contribution in [3.8, 4) is 0 Å². The van der Waals surface area contributed by atoms with Crippen molar-refractivity contribution < 1.29 is 19.5 Å². The van der Waals surface area contributed by atoms with E-state index in [0.29, 0.717) is 5.41 Å². The Balaban J connectivity index is 0.000000255. The number of benzene rings is 3. The monoisotopic (exact) mass is 599 g/mol. The van der Waals surface area contributed by atoms with E-state index in [0.717, 1.165) is 12.1 Å². The van der Waals surface area contributed by atoms with Gasteiger partial charge in [-0.15, -0.1) is 0 Å². The maximum absolute atomic E-state index is 3.24. The molecule has 0 saturated carbocycles.